The van der Waals surface area contributed by atoms with Gasteiger partial charge in [-0.15, -0.1) is 0 Å². The van der Waals surface area contributed by atoms with Gasteiger partial charge in [0.2, 0.25) is 0 Å². The van der Waals surface area contributed by atoms with Crippen molar-refractivity contribution in [2.45, 2.75) is 4.90 Å². The Balaban J connectivity index is 1.74. The molecule has 0 aliphatic carbocycles. The lowest BCUT2D eigenvalue weighted by Gasteiger charge is -2.16. The molecule has 142 valence electrons. The first-order valence-corrected chi connectivity index (χ1v) is 9.84. The molecule has 0 aliphatic rings. The predicted molar refractivity (Wildman–Crippen MR) is 107 cm³/mol. The van der Waals surface area contributed by atoms with E-state index in [0.29, 0.717) is 0 Å². The first kappa shape index (κ1) is 19.5. The number of nitrogens with one attached hydrogen (secondary N) is 2. The Morgan fingerprint density at radius 1 is 0.964 bits per heavy atom. The lowest BCUT2D eigenvalue weighted by molar-refractivity contribution is 0.0970. The number of hydrogen-bond acceptors (Lipinski definition) is 3. The largest absolute Gasteiger partial charge is 0.588 e. The van der Waals surface area contributed by atoms with Gasteiger partial charge in [0.15, 0.2) is 21.1 Å². The van der Waals surface area contributed by atoms with Crippen molar-refractivity contribution in [3.63, 3.8) is 0 Å². The number of hydrogen-bond donors (Lipinski definition) is 2. The zero-order valence-corrected chi connectivity index (χ0v) is 15.5. The molecule has 0 saturated carbocycles. The first-order valence-electron chi connectivity index (χ1n) is 8.35. The van der Waals surface area contributed by atoms with Crippen molar-refractivity contribution in [1.29, 1.82) is 0 Å². The summed E-state index contributed by atoms with van der Waals surface area (Å²) in [7, 11) is -4.04. The summed E-state index contributed by atoms with van der Waals surface area (Å²) in [5, 5.41) is 2.59. The summed E-state index contributed by atoms with van der Waals surface area (Å²) in [5.41, 5.74) is 0.908. The molecule has 3 aromatic rings. The van der Waals surface area contributed by atoms with Crippen molar-refractivity contribution >= 4 is 28.1 Å². The van der Waals surface area contributed by atoms with Crippen LogP contribution in [0.1, 0.15) is 15.9 Å². The Hall–Kier alpha value is -3.29. The standard InChI is InChI=1S/C21H17FN2O3S/c22-19-11-4-5-12-20(19)24-28(26,27)18-10-6-9-17(15-18)21(25)23-14-13-16-7-2-1-3-8-16/h1-15H,(H2-,23,24,25,26,27)/b14-13+. The molecule has 3 aromatic carbocycles. The van der Waals surface area contributed by atoms with Crippen LogP contribution in [0.3, 0.4) is 0 Å². The van der Waals surface area contributed by atoms with E-state index in [2.05, 4.69) is 10.0 Å². The van der Waals surface area contributed by atoms with Crippen LogP contribution >= 0.6 is 0 Å². The average molecular weight is 396 g/mol. The van der Waals surface area contributed by atoms with E-state index in [0.717, 1.165) is 11.6 Å². The zero-order valence-electron chi connectivity index (χ0n) is 14.7. The van der Waals surface area contributed by atoms with Crippen molar-refractivity contribution in [2.75, 3.05) is 4.72 Å². The minimum atomic E-state index is -4.04. The van der Waals surface area contributed by atoms with E-state index in [9.17, 15) is 17.9 Å². The van der Waals surface area contributed by atoms with Crippen LogP contribution in [-0.2, 0) is 14.6 Å². The monoisotopic (exact) mass is 396 g/mol. The van der Waals surface area contributed by atoms with Gasteiger partial charge >= 0.3 is 0 Å². The number of anilines is 1. The van der Waals surface area contributed by atoms with Gasteiger partial charge in [0.25, 0.3) is 5.91 Å². The Labute approximate surface area is 163 Å². The Kier molecular flexibility index (Phi) is 5.98. The molecule has 1 unspecified atom stereocenters. The van der Waals surface area contributed by atoms with Crippen molar-refractivity contribution < 1.29 is 17.9 Å². The highest BCUT2D eigenvalue weighted by atomic mass is 32.3. The summed E-state index contributed by atoms with van der Waals surface area (Å²) in [4.78, 5) is 12.1. The number of para-hydroxylation sites is 1. The number of carbonyl (C=O) groups excluding carboxylic acids is 1. The van der Waals surface area contributed by atoms with Crippen LogP contribution in [-0.4, -0.2) is 10.5 Å². The Morgan fingerprint density at radius 3 is 2.43 bits per heavy atom. The second kappa shape index (κ2) is 8.60. The molecule has 0 fully saturated rings. The topological polar surface area (TPSA) is 81.3 Å². The number of halogens is 1. The summed E-state index contributed by atoms with van der Waals surface area (Å²) in [6, 6.07) is 20.3. The van der Waals surface area contributed by atoms with Crippen LogP contribution < -0.4 is 10.0 Å². The predicted octanol–water partition coefficient (Wildman–Crippen LogP) is 4.24. The van der Waals surface area contributed by atoms with Gasteiger partial charge in [-0.05, 0) is 35.9 Å². The summed E-state index contributed by atoms with van der Waals surface area (Å²) in [6.07, 6.45) is 3.20. The highest BCUT2D eigenvalue weighted by Gasteiger charge is 2.23. The first-order chi connectivity index (χ1) is 13.5. The number of benzene rings is 3. The van der Waals surface area contributed by atoms with E-state index in [1.165, 1.54) is 48.7 Å². The smallest absolute Gasteiger partial charge is 0.255 e. The number of rotatable bonds is 6. The number of sulfonamides is 1. The molecule has 7 heteroatoms. The van der Waals surface area contributed by atoms with Crippen LogP contribution in [0.4, 0.5) is 10.1 Å². The fourth-order valence-corrected chi connectivity index (χ4v) is 3.53. The molecule has 2 N–H and O–H groups in total. The fraction of sp³-hybridized carbons (Fsp3) is 0. The lowest BCUT2D eigenvalue weighted by atomic mass is 10.2. The van der Waals surface area contributed by atoms with E-state index in [1.807, 2.05) is 30.3 Å². The normalized spacial score (nSPS) is 13.1. The third-order valence-electron chi connectivity index (χ3n) is 3.81. The van der Waals surface area contributed by atoms with Crippen LogP contribution in [0.2, 0.25) is 0 Å². The number of amides is 1. The minimum absolute atomic E-state index is 0.143. The van der Waals surface area contributed by atoms with Crippen molar-refractivity contribution in [1.82, 2.24) is 5.32 Å². The maximum absolute atomic E-state index is 13.7. The second-order valence-corrected chi connectivity index (χ2v) is 7.51. The Bertz CT molecular complexity index is 1050. The van der Waals surface area contributed by atoms with Crippen molar-refractivity contribution in [3.05, 3.63) is 102 Å². The summed E-state index contributed by atoms with van der Waals surface area (Å²) in [6.45, 7) is 0. The molecule has 0 bridgehead atoms. The van der Waals surface area contributed by atoms with Crippen LogP contribution in [0, 0.1) is 5.82 Å². The lowest BCUT2D eigenvalue weighted by Crippen LogP contribution is -2.23. The molecular formula is C21H17FN2O3S. The highest BCUT2D eigenvalue weighted by molar-refractivity contribution is 7.98. The summed E-state index contributed by atoms with van der Waals surface area (Å²) in [5.74, 6) is -1.15. The van der Waals surface area contributed by atoms with Gasteiger partial charge in [0, 0.05) is 17.8 Å². The molecule has 0 radical (unpaired) electrons. The molecule has 0 heterocycles. The molecule has 1 atom stereocenters. The van der Waals surface area contributed by atoms with E-state index in [-0.39, 0.29) is 16.1 Å². The van der Waals surface area contributed by atoms with E-state index < -0.39 is 22.1 Å². The van der Waals surface area contributed by atoms with Gasteiger partial charge in [-0.1, -0.05) is 52.7 Å². The summed E-state index contributed by atoms with van der Waals surface area (Å²) >= 11 is 0. The van der Waals surface area contributed by atoms with Gasteiger partial charge in [0.1, 0.15) is 5.69 Å². The van der Waals surface area contributed by atoms with Gasteiger partial charge < -0.3 is 9.87 Å². The molecule has 5 nitrogen and oxygen atoms in total. The van der Waals surface area contributed by atoms with E-state index in [4.69, 9.17) is 0 Å². The SMILES string of the molecule is O=C(N/C=C/c1ccccc1)c1cccc([S+](=O)([O-])Nc2ccccc2F)c1. The number of carbonyl (C=O) groups is 1. The molecule has 3 rings (SSSR count). The quantitative estimate of drug-likeness (QED) is 0.612. The fourth-order valence-electron chi connectivity index (χ4n) is 2.41. The molecule has 0 aliphatic heterocycles. The minimum Gasteiger partial charge on any atom is -0.588 e. The van der Waals surface area contributed by atoms with Gasteiger partial charge in [-0.3, -0.25) is 4.79 Å². The zero-order chi connectivity index (χ0) is 20.0. The van der Waals surface area contributed by atoms with E-state index in [1.54, 1.807) is 6.08 Å². The molecule has 0 aromatic heterocycles. The molecule has 0 spiro atoms. The summed E-state index contributed by atoms with van der Waals surface area (Å²) < 4.78 is 40.9. The van der Waals surface area contributed by atoms with Crippen LogP contribution in [0.5, 0.6) is 0 Å². The average Bonchev–Trinajstić information content (AvgIpc) is 2.70. The van der Waals surface area contributed by atoms with Crippen LogP contribution in [0.15, 0.2) is 90.0 Å². The van der Waals surface area contributed by atoms with Crippen molar-refractivity contribution in [3.8, 4) is 0 Å². The van der Waals surface area contributed by atoms with Gasteiger partial charge in [-0.2, -0.15) is 4.72 Å². The van der Waals surface area contributed by atoms with E-state index >= 15 is 0 Å². The van der Waals surface area contributed by atoms with Crippen LogP contribution in [0.25, 0.3) is 6.08 Å². The highest BCUT2D eigenvalue weighted by Crippen LogP contribution is 2.23. The second-order valence-electron chi connectivity index (χ2n) is 5.83. The maximum Gasteiger partial charge on any atom is 0.255 e. The Morgan fingerprint density at radius 2 is 1.68 bits per heavy atom. The third-order valence-corrected chi connectivity index (χ3v) is 5.18. The molecule has 1 amide bonds. The molecule has 0 saturated heterocycles. The van der Waals surface area contributed by atoms with Gasteiger partial charge in [-0.25, -0.2) is 4.39 Å². The molecular weight excluding hydrogens is 379 g/mol. The maximum atomic E-state index is 13.7. The van der Waals surface area contributed by atoms with Crippen molar-refractivity contribution in [2.24, 2.45) is 0 Å². The molecule has 28 heavy (non-hydrogen) atoms. The third kappa shape index (κ3) is 4.91. The van der Waals surface area contributed by atoms with Gasteiger partial charge in [0.05, 0.1) is 0 Å².